The van der Waals surface area contributed by atoms with E-state index in [1.807, 2.05) is 24.3 Å². The van der Waals surface area contributed by atoms with Gasteiger partial charge in [-0.25, -0.2) is 9.97 Å². The van der Waals surface area contributed by atoms with Gasteiger partial charge in [-0.2, -0.15) is 0 Å². The third-order valence-corrected chi connectivity index (χ3v) is 4.50. The van der Waals surface area contributed by atoms with Crippen molar-refractivity contribution in [3.8, 4) is 11.3 Å². The van der Waals surface area contributed by atoms with E-state index < -0.39 is 5.91 Å². The summed E-state index contributed by atoms with van der Waals surface area (Å²) in [5.74, 6) is -0.586. The molecule has 142 valence electrons. The number of carbonyl (C=O) groups excluding carboxylic acids is 2. The zero-order valence-corrected chi connectivity index (χ0v) is 16.7. The highest BCUT2D eigenvalue weighted by molar-refractivity contribution is 9.10. The van der Waals surface area contributed by atoms with Crippen molar-refractivity contribution in [1.82, 2.24) is 20.6 Å². The summed E-state index contributed by atoms with van der Waals surface area (Å²) in [5.41, 5.74) is 8.35. The molecule has 4 N–H and O–H groups in total. The summed E-state index contributed by atoms with van der Waals surface area (Å²) >= 11 is 3.41. The van der Waals surface area contributed by atoms with Crippen molar-refractivity contribution >= 4 is 33.6 Å². The van der Waals surface area contributed by atoms with Gasteiger partial charge in [0.1, 0.15) is 0 Å². The first-order chi connectivity index (χ1) is 13.5. The molecule has 0 bridgehead atoms. The van der Waals surface area contributed by atoms with Crippen molar-refractivity contribution in [3.63, 3.8) is 0 Å². The highest BCUT2D eigenvalue weighted by Crippen LogP contribution is 2.20. The molecule has 0 radical (unpaired) electrons. The Hall–Kier alpha value is -3.26. The number of benzene rings is 2. The second-order valence-electron chi connectivity index (χ2n) is 5.96. The van der Waals surface area contributed by atoms with Crippen LogP contribution in [-0.4, -0.2) is 28.8 Å². The molecule has 0 atom stereocenters. The Bertz CT molecular complexity index is 1040. The minimum absolute atomic E-state index is 0.0458. The summed E-state index contributed by atoms with van der Waals surface area (Å²) in [4.78, 5) is 32.7. The summed E-state index contributed by atoms with van der Waals surface area (Å²) in [6, 6.07) is 14.7. The average Bonchev–Trinajstić information content (AvgIpc) is 2.72. The molecule has 28 heavy (non-hydrogen) atoms. The second kappa shape index (κ2) is 8.62. The summed E-state index contributed by atoms with van der Waals surface area (Å²) in [5, 5.41) is 5.37. The Morgan fingerprint density at radius 2 is 1.89 bits per heavy atom. The molecule has 0 saturated heterocycles. The van der Waals surface area contributed by atoms with Crippen LogP contribution < -0.4 is 16.4 Å². The zero-order chi connectivity index (χ0) is 20.1. The summed E-state index contributed by atoms with van der Waals surface area (Å²) < 4.78 is 0.954. The molecule has 8 heteroatoms. The molecule has 2 aromatic carbocycles. The third kappa shape index (κ3) is 4.52. The first-order valence-corrected chi connectivity index (χ1v) is 9.25. The Kier molecular flexibility index (Phi) is 6.00. The lowest BCUT2D eigenvalue weighted by atomic mass is 10.1. The van der Waals surface area contributed by atoms with Gasteiger partial charge in [-0.3, -0.25) is 9.59 Å². The predicted octanol–water partition coefficient (Wildman–Crippen LogP) is 2.78. The lowest BCUT2D eigenvalue weighted by molar-refractivity contribution is 0.0945. The molecule has 1 heterocycles. The lowest BCUT2D eigenvalue weighted by Crippen LogP contribution is -2.23. The highest BCUT2D eigenvalue weighted by atomic mass is 79.9. The molecule has 0 spiro atoms. The smallest absolute Gasteiger partial charge is 0.273 e. The van der Waals surface area contributed by atoms with Gasteiger partial charge in [0.25, 0.3) is 11.8 Å². The minimum atomic E-state index is -0.422. The largest absolute Gasteiger partial charge is 0.382 e. The van der Waals surface area contributed by atoms with E-state index in [9.17, 15) is 9.59 Å². The molecule has 0 saturated carbocycles. The van der Waals surface area contributed by atoms with Crippen molar-refractivity contribution in [3.05, 3.63) is 76.0 Å². The second-order valence-corrected chi connectivity index (χ2v) is 6.88. The molecule has 0 aliphatic rings. The third-order valence-electron chi connectivity index (χ3n) is 4.01. The summed E-state index contributed by atoms with van der Waals surface area (Å²) in [6.07, 6.45) is 1.47. The van der Waals surface area contributed by atoms with Crippen molar-refractivity contribution in [2.24, 2.45) is 0 Å². The van der Waals surface area contributed by atoms with Crippen LogP contribution >= 0.6 is 15.9 Å². The molecule has 2 amide bonds. The van der Waals surface area contributed by atoms with E-state index in [1.54, 1.807) is 24.3 Å². The summed E-state index contributed by atoms with van der Waals surface area (Å²) in [6.45, 7) is 0.408. The van der Waals surface area contributed by atoms with E-state index in [1.165, 1.54) is 13.2 Å². The maximum absolute atomic E-state index is 12.5. The first kappa shape index (κ1) is 19.5. The molecule has 7 nitrogen and oxygen atoms in total. The number of halogens is 1. The maximum Gasteiger partial charge on any atom is 0.273 e. The predicted molar refractivity (Wildman–Crippen MR) is 111 cm³/mol. The first-order valence-electron chi connectivity index (χ1n) is 8.45. The van der Waals surface area contributed by atoms with E-state index in [2.05, 4.69) is 36.5 Å². The average molecular weight is 440 g/mol. The Morgan fingerprint density at radius 3 is 2.64 bits per heavy atom. The highest BCUT2D eigenvalue weighted by Gasteiger charge is 2.14. The number of nitrogen functional groups attached to an aromatic ring is 1. The normalized spacial score (nSPS) is 10.4. The summed E-state index contributed by atoms with van der Waals surface area (Å²) in [7, 11) is 1.49. The Labute approximate surface area is 170 Å². The monoisotopic (exact) mass is 439 g/mol. The molecular weight excluding hydrogens is 422 g/mol. The van der Waals surface area contributed by atoms with Gasteiger partial charge in [0.15, 0.2) is 11.5 Å². The van der Waals surface area contributed by atoms with Crippen LogP contribution in [0.3, 0.4) is 0 Å². The van der Waals surface area contributed by atoms with Gasteiger partial charge >= 0.3 is 0 Å². The molecule has 1 aromatic heterocycles. The van der Waals surface area contributed by atoms with Gasteiger partial charge in [-0.05, 0) is 29.8 Å². The SMILES string of the molecule is CNC(=O)c1nc(-c2cccc(C(=O)NCc3cccc(Br)c3)c2)cnc1N. The number of amides is 2. The van der Waals surface area contributed by atoms with Crippen LogP contribution in [0.1, 0.15) is 26.4 Å². The molecule has 0 aliphatic carbocycles. The maximum atomic E-state index is 12.5. The van der Waals surface area contributed by atoms with E-state index in [4.69, 9.17) is 5.73 Å². The number of hydrogen-bond acceptors (Lipinski definition) is 5. The fourth-order valence-corrected chi connectivity index (χ4v) is 3.02. The van der Waals surface area contributed by atoms with Gasteiger partial charge in [-0.15, -0.1) is 0 Å². The number of aromatic nitrogens is 2. The Balaban J connectivity index is 1.80. The van der Waals surface area contributed by atoms with E-state index >= 15 is 0 Å². The quantitative estimate of drug-likeness (QED) is 0.565. The number of carbonyl (C=O) groups is 2. The van der Waals surface area contributed by atoms with E-state index in [-0.39, 0.29) is 17.4 Å². The Morgan fingerprint density at radius 1 is 1.11 bits per heavy atom. The zero-order valence-electron chi connectivity index (χ0n) is 15.1. The number of nitrogens with two attached hydrogens (primary N) is 1. The number of anilines is 1. The van der Waals surface area contributed by atoms with Crippen molar-refractivity contribution in [1.29, 1.82) is 0 Å². The minimum Gasteiger partial charge on any atom is -0.382 e. The van der Waals surface area contributed by atoms with Gasteiger partial charge in [0.05, 0.1) is 11.9 Å². The van der Waals surface area contributed by atoms with Crippen LogP contribution in [-0.2, 0) is 6.54 Å². The number of hydrogen-bond donors (Lipinski definition) is 3. The van der Waals surface area contributed by atoms with Crippen LogP contribution in [0.4, 0.5) is 5.82 Å². The molecule has 0 unspecified atom stereocenters. The topological polar surface area (TPSA) is 110 Å². The standard InChI is InChI=1S/C20H18BrN5O2/c1-23-20(28)17-18(22)24-11-16(26-17)13-5-3-6-14(9-13)19(27)25-10-12-4-2-7-15(21)8-12/h2-9,11H,10H2,1H3,(H2,22,24)(H,23,28)(H,25,27). The van der Waals surface area contributed by atoms with Crippen LogP contribution in [0, 0.1) is 0 Å². The number of rotatable bonds is 5. The fourth-order valence-electron chi connectivity index (χ4n) is 2.57. The molecule has 0 fully saturated rings. The van der Waals surface area contributed by atoms with Crippen molar-refractivity contribution in [2.75, 3.05) is 12.8 Å². The lowest BCUT2D eigenvalue weighted by Gasteiger charge is -2.09. The van der Waals surface area contributed by atoms with Crippen LogP contribution in [0.15, 0.2) is 59.2 Å². The number of nitrogens with zero attached hydrogens (tertiary/aromatic N) is 2. The van der Waals surface area contributed by atoms with Crippen molar-refractivity contribution in [2.45, 2.75) is 6.54 Å². The van der Waals surface area contributed by atoms with Gasteiger partial charge < -0.3 is 16.4 Å². The van der Waals surface area contributed by atoms with Crippen molar-refractivity contribution < 1.29 is 9.59 Å². The van der Waals surface area contributed by atoms with Crippen LogP contribution in [0.25, 0.3) is 11.3 Å². The van der Waals surface area contributed by atoms with Gasteiger partial charge in [0.2, 0.25) is 0 Å². The van der Waals surface area contributed by atoms with Gasteiger partial charge in [0, 0.05) is 29.2 Å². The molecule has 3 rings (SSSR count). The molecule has 0 aliphatic heterocycles. The van der Waals surface area contributed by atoms with E-state index in [0.29, 0.717) is 23.4 Å². The molecule has 3 aromatic rings. The van der Waals surface area contributed by atoms with E-state index in [0.717, 1.165) is 10.0 Å². The molecular formula is C20H18BrN5O2. The van der Waals surface area contributed by atoms with Crippen LogP contribution in [0.2, 0.25) is 0 Å². The van der Waals surface area contributed by atoms with Crippen LogP contribution in [0.5, 0.6) is 0 Å². The van der Waals surface area contributed by atoms with Gasteiger partial charge in [-0.1, -0.05) is 40.2 Å². The fraction of sp³-hybridized carbons (Fsp3) is 0.100. The number of nitrogens with one attached hydrogen (secondary N) is 2.